The predicted octanol–water partition coefficient (Wildman–Crippen LogP) is 4.47. The Bertz CT molecular complexity index is 815. The maximum Gasteiger partial charge on any atom is 0.135 e. The van der Waals surface area contributed by atoms with Crippen molar-refractivity contribution in [3.05, 3.63) is 77.6 Å². The van der Waals surface area contributed by atoms with Gasteiger partial charge in [0.05, 0.1) is 0 Å². The molecular formula is C20H22N4. The maximum atomic E-state index is 4.39. The summed E-state index contributed by atoms with van der Waals surface area (Å²) in [5.74, 6) is 1.69. The summed E-state index contributed by atoms with van der Waals surface area (Å²) in [6.45, 7) is 5.03. The van der Waals surface area contributed by atoms with Crippen molar-refractivity contribution in [2.45, 2.75) is 20.4 Å². The van der Waals surface area contributed by atoms with Crippen LogP contribution < -0.4 is 10.2 Å². The highest BCUT2D eigenvalue weighted by molar-refractivity contribution is 5.63. The first-order valence-corrected chi connectivity index (χ1v) is 8.04. The smallest absolute Gasteiger partial charge is 0.135 e. The van der Waals surface area contributed by atoms with Crippen molar-refractivity contribution in [2.75, 3.05) is 17.3 Å². The molecule has 0 bridgehead atoms. The molecule has 0 unspecified atom stereocenters. The number of nitrogens with one attached hydrogen (secondary N) is 1. The Balaban J connectivity index is 1.77. The van der Waals surface area contributed by atoms with E-state index in [1.54, 1.807) is 6.33 Å². The van der Waals surface area contributed by atoms with Crippen molar-refractivity contribution in [3.63, 3.8) is 0 Å². The predicted molar refractivity (Wildman–Crippen MR) is 99.8 cm³/mol. The molecule has 3 aromatic rings. The van der Waals surface area contributed by atoms with Gasteiger partial charge in [-0.2, -0.15) is 0 Å². The van der Waals surface area contributed by atoms with Crippen LogP contribution in [0.25, 0.3) is 0 Å². The Hall–Kier alpha value is -2.88. The molecule has 4 heteroatoms. The van der Waals surface area contributed by atoms with Gasteiger partial charge in [0, 0.05) is 25.3 Å². The zero-order valence-corrected chi connectivity index (χ0v) is 14.3. The molecule has 4 nitrogen and oxygen atoms in total. The quantitative estimate of drug-likeness (QED) is 0.753. The van der Waals surface area contributed by atoms with E-state index in [1.165, 1.54) is 16.7 Å². The van der Waals surface area contributed by atoms with Crippen molar-refractivity contribution in [2.24, 2.45) is 0 Å². The Morgan fingerprint density at radius 3 is 2.54 bits per heavy atom. The van der Waals surface area contributed by atoms with Crippen LogP contribution in [-0.4, -0.2) is 17.0 Å². The number of hydrogen-bond acceptors (Lipinski definition) is 4. The molecule has 1 heterocycles. The van der Waals surface area contributed by atoms with Gasteiger partial charge in [0.2, 0.25) is 0 Å². The first-order chi connectivity index (χ1) is 11.6. The molecule has 0 fully saturated rings. The number of benzene rings is 2. The van der Waals surface area contributed by atoms with Crippen LogP contribution in [0.2, 0.25) is 0 Å². The third-order valence-corrected chi connectivity index (χ3v) is 4.17. The van der Waals surface area contributed by atoms with Crippen LogP contribution >= 0.6 is 0 Å². The largest absolute Gasteiger partial charge is 0.355 e. The highest BCUT2D eigenvalue weighted by Crippen LogP contribution is 2.23. The molecule has 0 spiro atoms. The molecule has 24 heavy (non-hydrogen) atoms. The fraction of sp³-hybridized carbons (Fsp3) is 0.200. The number of nitrogens with zero attached hydrogens (tertiary/aromatic N) is 3. The summed E-state index contributed by atoms with van der Waals surface area (Å²) < 4.78 is 0. The Kier molecular flexibility index (Phi) is 4.75. The molecular weight excluding hydrogens is 296 g/mol. The Morgan fingerprint density at radius 2 is 1.75 bits per heavy atom. The summed E-state index contributed by atoms with van der Waals surface area (Å²) >= 11 is 0. The van der Waals surface area contributed by atoms with Gasteiger partial charge in [-0.05, 0) is 36.6 Å². The molecule has 2 aromatic carbocycles. The number of anilines is 3. The van der Waals surface area contributed by atoms with E-state index in [0.29, 0.717) is 0 Å². The molecule has 3 rings (SSSR count). The van der Waals surface area contributed by atoms with Crippen molar-refractivity contribution >= 4 is 17.3 Å². The number of aromatic nitrogens is 2. The molecule has 1 aromatic heterocycles. The molecule has 0 saturated heterocycles. The molecule has 0 aliphatic rings. The Morgan fingerprint density at radius 1 is 0.958 bits per heavy atom. The average Bonchev–Trinajstić information content (AvgIpc) is 2.60. The van der Waals surface area contributed by atoms with Crippen LogP contribution in [0.4, 0.5) is 17.3 Å². The summed E-state index contributed by atoms with van der Waals surface area (Å²) in [6, 6.07) is 18.6. The standard InChI is InChI=1S/C20H22N4/c1-15-8-7-11-18(16(15)2)23-19-12-20(22-14-21-19)24(3)13-17-9-5-4-6-10-17/h4-12,14H,13H2,1-3H3,(H,21,22,23). The van der Waals surface area contributed by atoms with E-state index in [-0.39, 0.29) is 0 Å². The summed E-state index contributed by atoms with van der Waals surface area (Å²) in [5.41, 5.74) is 4.82. The molecule has 1 N–H and O–H groups in total. The second-order valence-electron chi connectivity index (χ2n) is 5.98. The van der Waals surface area contributed by atoms with Crippen molar-refractivity contribution in [1.29, 1.82) is 0 Å². The minimum Gasteiger partial charge on any atom is -0.355 e. The zero-order valence-electron chi connectivity index (χ0n) is 14.3. The topological polar surface area (TPSA) is 41.0 Å². The van der Waals surface area contributed by atoms with E-state index in [4.69, 9.17) is 0 Å². The van der Waals surface area contributed by atoms with Gasteiger partial charge in [0.15, 0.2) is 0 Å². The van der Waals surface area contributed by atoms with E-state index in [0.717, 1.165) is 23.9 Å². The van der Waals surface area contributed by atoms with Gasteiger partial charge in [-0.1, -0.05) is 42.5 Å². The van der Waals surface area contributed by atoms with Crippen molar-refractivity contribution < 1.29 is 0 Å². The molecule has 0 saturated carbocycles. The molecule has 0 aliphatic carbocycles. The van der Waals surface area contributed by atoms with E-state index < -0.39 is 0 Å². The average molecular weight is 318 g/mol. The van der Waals surface area contributed by atoms with Gasteiger partial charge in [-0.15, -0.1) is 0 Å². The lowest BCUT2D eigenvalue weighted by atomic mass is 10.1. The third-order valence-electron chi connectivity index (χ3n) is 4.17. The van der Waals surface area contributed by atoms with Crippen LogP contribution in [0.3, 0.4) is 0 Å². The summed E-state index contributed by atoms with van der Waals surface area (Å²) in [5, 5.41) is 3.39. The maximum absolute atomic E-state index is 4.39. The van der Waals surface area contributed by atoms with Crippen LogP contribution in [-0.2, 0) is 6.54 Å². The SMILES string of the molecule is Cc1cccc(Nc2cc(N(C)Cc3ccccc3)ncn2)c1C. The molecule has 122 valence electrons. The van der Waals surface area contributed by atoms with Crippen LogP contribution in [0.15, 0.2) is 60.9 Å². The first-order valence-electron chi connectivity index (χ1n) is 8.04. The summed E-state index contributed by atoms with van der Waals surface area (Å²) in [7, 11) is 2.04. The van der Waals surface area contributed by atoms with Crippen LogP contribution in [0.1, 0.15) is 16.7 Å². The Labute approximate surface area is 143 Å². The van der Waals surface area contributed by atoms with E-state index in [1.807, 2.05) is 25.2 Å². The number of rotatable bonds is 5. The first kappa shape index (κ1) is 16.0. The fourth-order valence-corrected chi connectivity index (χ4v) is 2.59. The normalized spacial score (nSPS) is 10.5. The molecule has 0 amide bonds. The van der Waals surface area contributed by atoms with E-state index in [2.05, 4.69) is 70.4 Å². The van der Waals surface area contributed by atoms with Gasteiger partial charge in [-0.25, -0.2) is 9.97 Å². The lowest BCUT2D eigenvalue weighted by molar-refractivity contribution is 0.892. The highest BCUT2D eigenvalue weighted by atomic mass is 15.2. The number of hydrogen-bond donors (Lipinski definition) is 1. The lowest BCUT2D eigenvalue weighted by Gasteiger charge is -2.19. The zero-order chi connectivity index (χ0) is 16.9. The fourth-order valence-electron chi connectivity index (χ4n) is 2.59. The van der Waals surface area contributed by atoms with Gasteiger partial charge >= 0.3 is 0 Å². The minimum atomic E-state index is 0.800. The van der Waals surface area contributed by atoms with Gasteiger partial charge in [0.25, 0.3) is 0 Å². The van der Waals surface area contributed by atoms with Gasteiger partial charge in [0.1, 0.15) is 18.0 Å². The minimum absolute atomic E-state index is 0.800. The summed E-state index contributed by atoms with van der Waals surface area (Å²) in [6.07, 6.45) is 1.60. The second-order valence-corrected chi connectivity index (χ2v) is 5.98. The summed E-state index contributed by atoms with van der Waals surface area (Å²) in [4.78, 5) is 10.9. The molecule has 0 atom stereocenters. The van der Waals surface area contributed by atoms with E-state index >= 15 is 0 Å². The molecule has 0 aliphatic heterocycles. The molecule has 0 radical (unpaired) electrons. The van der Waals surface area contributed by atoms with Crippen molar-refractivity contribution in [1.82, 2.24) is 9.97 Å². The third kappa shape index (κ3) is 3.71. The van der Waals surface area contributed by atoms with Gasteiger partial charge in [-0.3, -0.25) is 0 Å². The van der Waals surface area contributed by atoms with Crippen LogP contribution in [0, 0.1) is 13.8 Å². The van der Waals surface area contributed by atoms with Crippen LogP contribution in [0.5, 0.6) is 0 Å². The highest BCUT2D eigenvalue weighted by Gasteiger charge is 2.07. The van der Waals surface area contributed by atoms with Gasteiger partial charge < -0.3 is 10.2 Å². The number of aryl methyl sites for hydroxylation is 1. The van der Waals surface area contributed by atoms with E-state index in [9.17, 15) is 0 Å². The van der Waals surface area contributed by atoms with Crippen molar-refractivity contribution in [3.8, 4) is 0 Å². The second kappa shape index (κ2) is 7.13. The lowest BCUT2D eigenvalue weighted by Crippen LogP contribution is -2.18. The monoisotopic (exact) mass is 318 g/mol.